The van der Waals surface area contributed by atoms with Crippen LogP contribution < -0.4 is 15.0 Å². The molecule has 0 aliphatic carbocycles. The van der Waals surface area contributed by atoms with Gasteiger partial charge in [0.05, 0.1) is 0 Å². The zero-order chi connectivity index (χ0) is 14.5. The molecule has 0 radical (unpaired) electrons. The largest absolute Gasteiger partial charge is 0.457 e. The zero-order valence-corrected chi connectivity index (χ0v) is 12.5. The number of para-hydroxylation sites is 1. The average Bonchev–Trinajstić information content (AvgIpc) is 2.73. The van der Waals surface area contributed by atoms with E-state index in [-0.39, 0.29) is 0 Å². The molecule has 2 aromatic carbocycles. The molecular weight excluding hydrogens is 260 g/mol. The van der Waals surface area contributed by atoms with Gasteiger partial charge in [-0.2, -0.15) is 0 Å². The van der Waals surface area contributed by atoms with E-state index in [4.69, 9.17) is 4.74 Å². The first-order valence-corrected chi connectivity index (χ1v) is 7.62. The van der Waals surface area contributed by atoms with E-state index >= 15 is 0 Å². The Labute approximate surface area is 126 Å². The van der Waals surface area contributed by atoms with Crippen molar-refractivity contribution in [3.8, 4) is 11.5 Å². The molecule has 1 saturated heterocycles. The number of nitrogens with one attached hydrogen (secondary N) is 1. The van der Waals surface area contributed by atoms with Crippen LogP contribution in [0.3, 0.4) is 0 Å². The highest BCUT2D eigenvalue weighted by Crippen LogP contribution is 2.26. The lowest BCUT2D eigenvalue weighted by Crippen LogP contribution is -2.35. The van der Waals surface area contributed by atoms with Gasteiger partial charge in [-0.3, -0.25) is 0 Å². The van der Waals surface area contributed by atoms with Crippen molar-refractivity contribution in [3.05, 3.63) is 54.6 Å². The van der Waals surface area contributed by atoms with Crippen molar-refractivity contribution in [1.29, 1.82) is 0 Å². The molecule has 3 nitrogen and oxygen atoms in total. The summed E-state index contributed by atoms with van der Waals surface area (Å²) in [5.74, 6) is 1.77. The molecule has 1 aliphatic rings. The molecule has 1 unspecified atom stereocenters. The highest BCUT2D eigenvalue weighted by atomic mass is 16.5. The van der Waals surface area contributed by atoms with Gasteiger partial charge in [0.2, 0.25) is 0 Å². The number of hydrogen-bond acceptors (Lipinski definition) is 3. The van der Waals surface area contributed by atoms with Crippen LogP contribution in [0.25, 0.3) is 0 Å². The van der Waals surface area contributed by atoms with Crippen molar-refractivity contribution in [3.63, 3.8) is 0 Å². The minimum absolute atomic E-state index is 0.520. The molecule has 1 N–H and O–H groups in total. The average molecular weight is 282 g/mol. The molecule has 3 rings (SSSR count). The van der Waals surface area contributed by atoms with Crippen LogP contribution in [0, 0.1) is 0 Å². The molecule has 110 valence electrons. The maximum Gasteiger partial charge on any atom is 0.129 e. The Hall–Kier alpha value is -2.00. The molecule has 1 aliphatic heterocycles. The Kier molecular flexibility index (Phi) is 4.41. The summed E-state index contributed by atoms with van der Waals surface area (Å²) in [6.45, 7) is 5.46. The van der Waals surface area contributed by atoms with Crippen molar-refractivity contribution in [2.45, 2.75) is 19.4 Å². The number of hydrogen-bond donors (Lipinski definition) is 1. The topological polar surface area (TPSA) is 24.5 Å². The molecule has 1 heterocycles. The SMILES string of the molecule is CC1CN(c2cccc(Oc3ccccc3)c2)CCCN1. The molecular formula is C18H22N2O. The highest BCUT2D eigenvalue weighted by Gasteiger charge is 2.14. The molecule has 21 heavy (non-hydrogen) atoms. The van der Waals surface area contributed by atoms with Gasteiger partial charge in [-0.15, -0.1) is 0 Å². The second-order valence-electron chi connectivity index (χ2n) is 5.57. The number of rotatable bonds is 3. The number of nitrogens with zero attached hydrogens (tertiary/aromatic N) is 1. The first-order chi connectivity index (χ1) is 10.3. The predicted octanol–water partition coefficient (Wildman–Crippen LogP) is 3.67. The van der Waals surface area contributed by atoms with Gasteiger partial charge in [0, 0.05) is 30.9 Å². The van der Waals surface area contributed by atoms with Crippen LogP contribution in [0.1, 0.15) is 13.3 Å². The van der Waals surface area contributed by atoms with E-state index in [0.717, 1.165) is 31.1 Å². The van der Waals surface area contributed by atoms with Crippen molar-refractivity contribution < 1.29 is 4.74 Å². The van der Waals surface area contributed by atoms with Gasteiger partial charge in [0.25, 0.3) is 0 Å². The number of anilines is 1. The monoisotopic (exact) mass is 282 g/mol. The van der Waals surface area contributed by atoms with Gasteiger partial charge in [-0.25, -0.2) is 0 Å². The number of benzene rings is 2. The first kappa shape index (κ1) is 14.0. The van der Waals surface area contributed by atoms with Gasteiger partial charge >= 0.3 is 0 Å². The molecule has 0 bridgehead atoms. The maximum absolute atomic E-state index is 5.93. The second kappa shape index (κ2) is 6.64. The Bertz CT molecular complexity index is 570. The molecule has 2 aromatic rings. The summed E-state index contributed by atoms with van der Waals surface area (Å²) < 4.78 is 5.93. The lowest BCUT2D eigenvalue weighted by atomic mass is 10.2. The Morgan fingerprint density at radius 1 is 1.05 bits per heavy atom. The molecule has 0 saturated carbocycles. The van der Waals surface area contributed by atoms with E-state index in [0.29, 0.717) is 6.04 Å². The van der Waals surface area contributed by atoms with Crippen LogP contribution in [-0.4, -0.2) is 25.7 Å². The van der Waals surface area contributed by atoms with Crippen LogP contribution in [0.4, 0.5) is 5.69 Å². The van der Waals surface area contributed by atoms with Gasteiger partial charge < -0.3 is 15.0 Å². The first-order valence-electron chi connectivity index (χ1n) is 7.62. The third-order valence-electron chi connectivity index (χ3n) is 3.75. The summed E-state index contributed by atoms with van der Waals surface area (Å²) >= 11 is 0. The summed E-state index contributed by atoms with van der Waals surface area (Å²) in [5, 5.41) is 3.53. The lowest BCUT2D eigenvalue weighted by Gasteiger charge is -2.25. The fourth-order valence-corrected chi connectivity index (χ4v) is 2.71. The third-order valence-corrected chi connectivity index (χ3v) is 3.75. The smallest absolute Gasteiger partial charge is 0.129 e. The van der Waals surface area contributed by atoms with E-state index in [2.05, 4.69) is 35.3 Å². The van der Waals surface area contributed by atoms with Crippen LogP contribution in [0.2, 0.25) is 0 Å². The summed E-state index contributed by atoms with van der Waals surface area (Å²) in [6, 6.07) is 18.8. The van der Waals surface area contributed by atoms with Crippen molar-refractivity contribution >= 4 is 5.69 Å². The Morgan fingerprint density at radius 3 is 2.71 bits per heavy atom. The van der Waals surface area contributed by atoms with Crippen LogP contribution in [-0.2, 0) is 0 Å². The number of ether oxygens (including phenoxy) is 1. The van der Waals surface area contributed by atoms with Gasteiger partial charge in [0.15, 0.2) is 0 Å². The zero-order valence-electron chi connectivity index (χ0n) is 12.5. The third kappa shape index (κ3) is 3.76. The van der Waals surface area contributed by atoms with E-state index in [1.165, 1.54) is 12.1 Å². The Balaban J connectivity index is 1.76. The molecule has 1 atom stereocenters. The fourth-order valence-electron chi connectivity index (χ4n) is 2.71. The molecule has 1 fully saturated rings. The lowest BCUT2D eigenvalue weighted by molar-refractivity contribution is 0.482. The van der Waals surface area contributed by atoms with E-state index in [9.17, 15) is 0 Å². The summed E-state index contributed by atoms with van der Waals surface area (Å²) in [5.41, 5.74) is 1.24. The van der Waals surface area contributed by atoms with Crippen LogP contribution in [0.15, 0.2) is 54.6 Å². The fraction of sp³-hybridized carbons (Fsp3) is 0.333. The minimum atomic E-state index is 0.520. The van der Waals surface area contributed by atoms with Crippen molar-refractivity contribution in [2.24, 2.45) is 0 Å². The normalized spacial score (nSPS) is 19.1. The molecule has 0 aromatic heterocycles. The summed E-state index contributed by atoms with van der Waals surface area (Å²) in [7, 11) is 0. The minimum Gasteiger partial charge on any atom is -0.457 e. The Morgan fingerprint density at radius 2 is 1.86 bits per heavy atom. The standard InChI is InChI=1S/C18H22N2O/c1-15-14-20(12-6-11-19-15)16-7-5-10-18(13-16)21-17-8-3-2-4-9-17/h2-5,7-10,13,15,19H,6,11-12,14H2,1H3. The molecule has 0 amide bonds. The van der Waals surface area contributed by atoms with Crippen molar-refractivity contribution in [2.75, 3.05) is 24.5 Å². The van der Waals surface area contributed by atoms with Gasteiger partial charge in [-0.05, 0) is 44.2 Å². The quantitative estimate of drug-likeness (QED) is 0.929. The van der Waals surface area contributed by atoms with Gasteiger partial charge in [0.1, 0.15) is 11.5 Å². The molecule has 0 spiro atoms. The maximum atomic E-state index is 5.93. The van der Waals surface area contributed by atoms with Crippen LogP contribution in [0.5, 0.6) is 11.5 Å². The van der Waals surface area contributed by atoms with Crippen molar-refractivity contribution in [1.82, 2.24) is 5.32 Å². The predicted molar refractivity (Wildman–Crippen MR) is 87.3 cm³/mol. The van der Waals surface area contributed by atoms with Crippen LogP contribution >= 0.6 is 0 Å². The highest BCUT2D eigenvalue weighted by molar-refractivity contribution is 5.51. The second-order valence-corrected chi connectivity index (χ2v) is 5.57. The van der Waals surface area contributed by atoms with E-state index < -0.39 is 0 Å². The van der Waals surface area contributed by atoms with E-state index in [1.54, 1.807) is 0 Å². The van der Waals surface area contributed by atoms with E-state index in [1.807, 2.05) is 36.4 Å². The molecule has 3 heteroatoms. The van der Waals surface area contributed by atoms with Gasteiger partial charge in [-0.1, -0.05) is 24.3 Å². The summed E-state index contributed by atoms with van der Waals surface area (Å²) in [4.78, 5) is 2.43. The summed E-state index contributed by atoms with van der Waals surface area (Å²) in [6.07, 6.45) is 1.17.